The molecule has 0 unspecified atom stereocenters. The molecule has 5 rings (SSSR count). The van der Waals surface area contributed by atoms with Crippen LogP contribution in [0.2, 0.25) is 15.1 Å². The molecule has 0 radical (unpaired) electrons. The number of hydrogen-bond donors (Lipinski definition) is 2. The van der Waals surface area contributed by atoms with Gasteiger partial charge in [-0.1, -0.05) is 34.8 Å². The molecular weight excluding hydrogens is 658 g/mol. The van der Waals surface area contributed by atoms with Crippen molar-refractivity contribution < 1.29 is 31.2 Å². The average Bonchev–Trinajstić information content (AvgIpc) is 3.47. The van der Waals surface area contributed by atoms with Gasteiger partial charge in [0, 0.05) is 42.5 Å². The molecule has 43 heavy (non-hydrogen) atoms. The Bertz CT molecular complexity index is 1720. The summed E-state index contributed by atoms with van der Waals surface area (Å²) in [5.74, 6) is -10.2. The van der Waals surface area contributed by atoms with E-state index in [9.17, 15) is 26.7 Å². The van der Waals surface area contributed by atoms with Crippen molar-refractivity contribution in [2.75, 3.05) is 41.3 Å². The van der Waals surface area contributed by atoms with Crippen LogP contribution in [-0.2, 0) is 0 Å². The van der Waals surface area contributed by atoms with Crippen LogP contribution in [0, 0.1) is 29.1 Å². The molecule has 1 aromatic heterocycles. The fraction of sp³-hybridized carbons (Fsp3) is 0.143. The number of amides is 1. The molecule has 0 atom stereocenters. The molecule has 224 valence electrons. The van der Waals surface area contributed by atoms with Crippen LogP contribution in [0.15, 0.2) is 52.9 Å². The lowest BCUT2D eigenvalue weighted by Crippen LogP contribution is -2.47. The van der Waals surface area contributed by atoms with Crippen molar-refractivity contribution in [1.82, 2.24) is 5.32 Å². The first kappa shape index (κ1) is 30.9. The maximum atomic E-state index is 14.2. The minimum atomic E-state index is -2.20. The van der Waals surface area contributed by atoms with Crippen LogP contribution >= 0.6 is 47.0 Å². The smallest absolute Gasteiger partial charge is 0.293 e. The van der Waals surface area contributed by atoms with Gasteiger partial charge in [-0.3, -0.25) is 10.1 Å². The molecule has 1 fully saturated rings. The van der Waals surface area contributed by atoms with E-state index in [0.717, 1.165) is 4.90 Å². The van der Waals surface area contributed by atoms with Crippen molar-refractivity contribution in [3.63, 3.8) is 0 Å². The fourth-order valence-electron chi connectivity index (χ4n) is 4.50. The molecule has 0 spiro atoms. The lowest BCUT2D eigenvalue weighted by molar-refractivity contribution is 0.0951. The van der Waals surface area contributed by atoms with E-state index in [0.29, 0.717) is 32.7 Å². The van der Waals surface area contributed by atoms with E-state index in [4.69, 9.17) is 51.4 Å². The Hall–Kier alpha value is -3.58. The SMILES string of the molecule is O=C(NC(=S)Nc1ccc(N2CCN(c3c(F)c(F)c(F)c(F)c3F)CC2)c(Cl)c1)c1ccc(-c2cc(Cl)ccc2Cl)o1. The van der Waals surface area contributed by atoms with Gasteiger partial charge in [0.2, 0.25) is 5.82 Å². The zero-order valence-electron chi connectivity index (χ0n) is 21.6. The number of anilines is 3. The summed E-state index contributed by atoms with van der Waals surface area (Å²) in [4.78, 5) is 15.6. The number of halogens is 8. The van der Waals surface area contributed by atoms with Crippen molar-refractivity contribution in [3.8, 4) is 11.3 Å². The second kappa shape index (κ2) is 12.6. The monoisotopic (exact) mass is 674 g/mol. The molecule has 0 aliphatic carbocycles. The maximum absolute atomic E-state index is 14.2. The number of carbonyl (C=O) groups excluding carboxylic acids is 1. The molecule has 2 heterocycles. The normalized spacial score (nSPS) is 13.3. The number of benzene rings is 3. The number of thiocarbonyl (C=S) groups is 1. The van der Waals surface area contributed by atoms with Crippen molar-refractivity contribution in [2.24, 2.45) is 0 Å². The second-order valence-electron chi connectivity index (χ2n) is 9.26. The van der Waals surface area contributed by atoms with E-state index in [1.807, 2.05) is 0 Å². The van der Waals surface area contributed by atoms with Crippen LogP contribution < -0.4 is 20.4 Å². The van der Waals surface area contributed by atoms with Crippen LogP contribution in [0.5, 0.6) is 0 Å². The summed E-state index contributed by atoms with van der Waals surface area (Å²) < 4.78 is 74.8. The lowest BCUT2D eigenvalue weighted by Gasteiger charge is -2.38. The highest BCUT2D eigenvalue weighted by Crippen LogP contribution is 2.34. The largest absolute Gasteiger partial charge is 0.451 e. The molecule has 2 N–H and O–H groups in total. The molecule has 3 aromatic carbocycles. The van der Waals surface area contributed by atoms with E-state index in [-0.39, 0.29) is 42.1 Å². The quantitative estimate of drug-likeness (QED) is 0.0967. The van der Waals surface area contributed by atoms with Gasteiger partial charge in [-0.2, -0.15) is 0 Å². The van der Waals surface area contributed by atoms with Crippen molar-refractivity contribution in [1.29, 1.82) is 0 Å². The average molecular weight is 676 g/mol. The van der Waals surface area contributed by atoms with Crippen LogP contribution in [0.1, 0.15) is 10.6 Å². The summed E-state index contributed by atoms with van der Waals surface area (Å²) in [7, 11) is 0. The second-order valence-corrected chi connectivity index (χ2v) is 10.9. The summed E-state index contributed by atoms with van der Waals surface area (Å²) in [6, 6.07) is 12.7. The molecule has 1 amide bonds. The van der Waals surface area contributed by atoms with Crippen LogP contribution in [0.4, 0.5) is 39.0 Å². The first-order valence-electron chi connectivity index (χ1n) is 12.4. The highest BCUT2D eigenvalue weighted by molar-refractivity contribution is 7.80. The van der Waals surface area contributed by atoms with Crippen LogP contribution in [0.3, 0.4) is 0 Å². The molecular formula is C28H18Cl3F5N4O2S. The molecule has 4 aromatic rings. The van der Waals surface area contributed by atoms with Crippen LogP contribution in [0.25, 0.3) is 11.3 Å². The van der Waals surface area contributed by atoms with Crippen molar-refractivity contribution >= 4 is 75.1 Å². The fourth-order valence-corrected chi connectivity index (χ4v) is 5.39. The van der Waals surface area contributed by atoms with E-state index < -0.39 is 40.7 Å². The number of rotatable bonds is 5. The van der Waals surface area contributed by atoms with E-state index in [1.54, 1.807) is 47.4 Å². The topological polar surface area (TPSA) is 60.8 Å². The van der Waals surface area contributed by atoms with E-state index >= 15 is 0 Å². The highest BCUT2D eigenvalue weighted by atomic mass is 35.5. The zero-order chi connectivity index (χ0) is 31.0. The van der Waals surface area contributed by atoms with Gasteiger partial charge in [-0.15, -0.1) is 0 Å². The van der Waals surface area contributed by atoms with Gasteiger partial charge in [0.1, 0.15) is 11.4 Å². The van der Waals surface area contributed by atoms with Crippen molar-refractivity contribution in [3.05, 3.63) is 98.4 Å². The first-order valence-corrected chi connectivity index (χ1v) is 14.0. The van der Waals surface area contributed by atoms with Crippen LogP contribution in [-0.4, -0.2) is 37.2 Å². The Morgan fingerprint density at radius 2 is 1.40 bits per heavy atom. The highest BCUT2D eigenvalue weighted by Gasteiger charge is 2.31. The molecule has 6 nitrogen and oxygen atoms in total. The zero-order valence-corrected chi connectivity index (χ0v) is 24.7. The standard InChI is InChI=1S/C28H18Cl3F5N4O2S/c29-13-1-3-16(30)15(11-13)19-5-6-20(42-19)27(41)38-28(43)37-14-2-4-18(17(31)12-14)39-7-9-40(10-8-39)26-24(35)22(33)21(32)23(34)25(26)36/h1-6,11-12H,7-10H2,(H2,37,38,41,43). The Labute approximate surface area is 261 Å². The van der Waals surface area contributed by atoms with Gasteiger partial charge in [0.05, 0.1) is 15.7 Å². The van der Waals surface area contributed by atoms with Gasteiger partial charge in [0.15, 0.2) is 34.1 Å². The molecule has 1 saturated heterocycles. The minimum absolute atomic E-state index is 0.0198. The minimum Gasteiger partial charge on any atom is -0.451 e. The molecule has 15 heteroatoms. The third kappa shape index (κ3) is 6.37. The third-order valence-electron chi connectivity index (χ3n) is 6.58. The maximum Gasteiger partial charge on any atom is 0.293 e. The third-order valence-corrected chi connectivity index (χ3v) is 7.65. The van der Waals surface area contributed by atoms with E-state index in [1.165, 1.54) is 6.07 Å². The number of furan rings is 1. The summed E-state index contributed by atoms with van der Waals surface area (Å²) in [6.07, 6.45) is 0. The van der Waals surface area contributed by atoms with Gasteiger partial charge in [-0.25, -0.2) is 22.0 Å². The molecule has 1 aliphatic rings. The number of piperazine rings is 1. The predicted molar refractivity (Wildman–Crippen MR) is 160 cm³/mol. The van der Waals surface area contributed by atoms with Gasteiger partial charge < -0.3 is 19.5 Å². The van der Waals surface area contributed by atoms with Gasteiger partial charge in [-0.05, 0) is 60.7 Å². The number of nitrogens with one attached hydrogen (secondary N) is 2. The Morgan fingerprint density at radius 3 is 2.05 bits per heavy atom. The summed E-state index contributed by atoms with van der Waals surface area (Å²) in [5, 5.41) is 6.45. The molecule has 0 bridgehead atoms. The summed E-state index contributed by atoms with van der Waals surface area (Å²) in [5.41, 5.74) is 0.575. The number of nitrogens with zero attached hydrogens (tertiary/aromatic N) is 2. The predicted octanol–water partition coefficient (Wildman–Crippen LogP) is 8.06. The van der Waals surface area contributed by atoms with Gasteiger partial charge >= 0.3 is 0 Å². The van der Waals surface area contributed by atoms with E-state index in [2.05, 4.69) is 10.6 Å². The summed E-state index contributed by atoms with van der Waals surface area (Å²) >= 11 is 23.9. The Morgan fingerprint density at radius 1 is 0.767 bits per heavy atom. The molecule has 1 aliphatic heterocycles. The Kier molecular flexibility index (Phi) is 9.02. The Balaban J connectivity index is 1.19. The molecule has 0 saturated carbocycles. The van der Waals surface area contributed by atoms with Crippen molar-refractivity contribution in [2.45, 2.75) is 0 Å². The van der Waals surface area contributed by atoms with Gasteiger partial charge in [0.25, 0.3) is 5.91 Å². The lowest BCUT2D eigenvalue weighted by atomic mass is 10.2. The number of carbonyl (C=O) groups is 1. The summed E-state index contributed by atoms with van der Waals surface area (Å²) in [6.45, 7) is 0.323. The first-order chi connectivity index (χ1) is 20.4. The number of hydrogen-bond acceptors (Lipinski definition) is 5.